The molecule has 1 aliphatic heterocycles. The molecule has 198 valence electrons. The van der Waals surface area contributed by atoms with Gasteiger partial charge in [-0.25, -0.2) is 26.9 Å². The largest absolute Gasteiger partial charge is 0.480 e. The summed E-state index contributed by atoms with van der Waals surface area (Å²) in [5.41, 5.74) is -0.569. The van der Waals surface area contributed by atoms with Crippen molar-refractivity contribution in [3.8, 4) is 11.6 Å². The first-order chi connectivity index (χ1) is 17.4. The third-order valence-corrected chi connectivity index (χ3v) is 7.52. The third kappa shape index (κ3) is 5.56. The van der Waals surface area contributed by atoms with Gasteiger partial charge in [0.2, 0.25) is 21.8 Å². The van der Waals surface area contributed by atoms with E-state index in [2.05, 4.69) is 15.4 Å². The highest BCUT2D eigenvalue weighted by Gasteiger charge is 2.44. The predicted octanol–water partition coefficient (Wildman–Crippen LogP) is 2.85. The summed E-state index contributed by atoms with van der Waals surface area (Å²) in [6.07, 6.45) is -4.21. The molecule has 1 aliphatic rings. The molecule has 0 radical (unpaired) electrons. The van der Waals surface area contributed by atoms with Crippen LogP contribution in [-0.2, 0) is 27.5 Å². The summed E-state index contributed by atoms with van der Waals surface area (Å²) in [7, 11) is -2.99. The summed E-state index contributed by atoms with van der Waals surface area (Å²) >= 11 is 0. The zero-order valence-corrected chi connectivity index (χ0v) is 19.9. The topological polar surface area (TPSA) is 106 Å². The third-order valence-electron chi connectivity index (χ3n) is 5.63. The van der Waals surface area contributed by atoms with E-state index in [-0.39, 0.29) is 29.4 Å². The normalized spacial score (nSPS) is 18.6. The van der Waals surface area contributed by atoms with Crippen LogP contribution in [0.3, 0.4) is 0 Å². The van der Waals surface area contributed by atoms with Gasteiger partial charge in [0.05, 0.1) is 29.5 Å². The lowest BCUT2D eigenvalue weighted by molar-refractivity contribution is -0.141. The number of rotatable bonds is 7. The van der Waals surface area contributed by atoms with Crippen molar-refractivity contribution in [3.05, 3.63) is 65.9 Å². The molecule has 3 aromatic rings. The van der Waals surface area contributed by atoms with Gasteiger partial charge in [0, 0.05) is 25.7 Å². The van der Waals surface area contributed by atoms with Gasteiger partial charge in [-0.05, 0) is 36.4 Å². The average Bonchev–Trinajstić information content (AvgIpc) is 3.46. The Morgan fingerprint density at radius 2 is 1.89 bits per heavy atom. The molecule has 37 heavy (non-hydrogen) atoms. The Balaban J connectivity index is 1.50. The Morgan fingerprint density at radius 3 is 2.49 bits per heavy atom. The number of sulfonamides is 1. The first kappa shape index (κ1) is 26.5. The quantitative estimate of drug-likeness (QED) is 0.458. The number of methoxy groups -OCH3 is 1. The zero-order chi connectivity index (χ0) is 27.0. The highest BCUT2D eigenvalue weighted by molar-refractivity contribution is 7.89. The van der Waals surface area contributed by atoms with Crippen molar-refractivity contribution in [2.24, 2.45) is 0 Å². The van der Waals surface area contributed by atoms with Crippen LogP contribution in [0.25, 0.3) is 5.69 Å². The number of amides is 1. The molecule has 1 saturated heterocycles. The zero-order valence-electron chi connectivity index (χ0n) is 19.1. The van der Waals surface area contributed by atoms with E-state index in [1.807, 2.05) is 0 Å². The number of nitrogens with one attached hydrogen (secondary N) is 1. The Labute approximate surface area is 207 Å². The Kier molecular flexibility index (Phi) is 7.19. The number of halogens is 5. The number of nitrogens with zero attached hydrogens (tertiary/aromatic N) is 4. The van der Waals surface area contributed by atoms with E-state index in [0.29, 0.717) is 5.56 Å². The first-order valence-electron chi connectivity index (χ1n) is 10.8. The summed E-state index contributed by atoms with van der Waals surface area (Å²) in [6.45, 7) is -0.742. The van der Waals surface area contributed by atoms with Crippen LogP contribution in [-0.4, -0.2) is 59.3 Å². The van der Waals surface area contributed by atoms with Gasteiger partial charge in [-0.3, -0.25) is 4.79 Å². The van der Waals surface area contributed by atoms with Gasteiger partial charge in [0.15, 0.2) is 0 Å². The molecular formula is C22H20F5N5O4S. The number of pyridine rings is 1. The molecule has 1 aromatic carbocycles. The molecule has 9 nitrogen and oxygen atoms in total. The highest BCUT2D eigenvalue weighted by atomic mass is 32.2. The van der Waals surface area contributed by atoms with Gasteiger partial charge in [-0.2, -0.15) is 17.5 Å². The molecule has 0 bridgehead atoms. The fraction of sp³-hybridized carbons (Fsp3) is 0.318. The lowest BCUT2D eigenvalue weighted by Gasteiger charge is -2.23. The smallest absolute Gasteiger partial charge is 0.433 e. The number of hydrogen-bond acceptors (Lipinski definition) is 6. The molecule has 2 atom stereocenters. The van der Waals surface area contributed by atoms with Gasteiger partial charge in [0.25, 0.3) is 0 Å². The van der Waals surface area contributed by atoms with E-state index in [0.717, 1.165) is 46.9 Å². The Bertz CT molecular complexity index is 1380. The lowest BCUT2D eigenvalue weighted by Crippen LogP contribution is -2.45. The van der Waals surface area contributed by atoms with Gasteiger partial charge in [-0.1, -0.05) is 0 Å². The second kappa shape index (κ2) is 10.0. The summed E-state index contributed by atoms with van der Waals surface area (Å²) in [4.78, 5) is 16.0. The molecule has 1 amide bonds. The van der Waals surface area contributed by atoms with Crippen LogP contribution < -0.4 is 10.1 Å². The number of ether oxygens (including phenoxy) is 1. The summed E-state index contributed by atoms with van der Waals surface area (Å²) in [6, 6.07) is 4.53. The monoisotopic (exact) mass is 545 g/mol. The fourth-order valence-corrected chi connectivity index (χ4v) is 5.44. The molecule has 0 saturated carbocycles. The van der Waals surface area contributed by atoms with Crippen LogP contribution >= 0.6 is 0 Å². The van der Waals surface area contributed by atoms with Crippen molar-refractivity contribution in [1.29, 1.82) is 0 Å². The number of alkyl halides is 4. The van der Waals surface area contributed by atoms with E-state index in [9.17, 15) is 35.2 Å². The molecule has 15 heteroatoms. The molecule has 1 N–H and O–H groups in total. The molecule has 2 aromatic heterocycles. The average molecular weight is 545 g/mol. The fourth-order valence-electron chi connectivity index (χ4n) is 3.81. The predicted molar refractivity (Wildman–Crippen MR) is 118 cm³/mol. The Hall–Kier alpha value is -3.59. The van der Waals surface area contributed by atoms with Crippen molar-refractivity contribution < 1.29 is 39.9 Å². The van der Waals surface area contributed by atoms with E-state index in [1.54, 1.807) is 0 Å². The second-order valence-corrected chi connectivity index (χ2v) is 9.99. The lowest BCUT2D eigenvalue weighted by atomic mass is 10.2. The van der Waals surface area contributed by atoms with Crippen LogP contribution in [0.5, 0.6) is 5.88 Å². The first-order valence-corrected chi connectivity index (χ1v) is 12.2. The van der Waals surface area contributed by atoms with Gasteiger partial charge in [-0.15, -0.1) is 5.10 Å². The van der Waals surface area contributed by atoms with E-state index in [4.69, 9.17) is 4.74 Å². The molecule has 3 heterocycles. The number of carbonyl (C=O) groups is 1. The van der Waals surface area contributed by atoms with Crippen molar-refractivity contribution >= 4 is 15.9 Å². The van der Waals surface area contributed by atoms with E-state index >= 15 is 0 Å². The SMILES string of the molecule is COc1nn(-c2ccc(C(F)(F)F)nc2)cc1CNC(=O)C1CC(F)CN1S(=O)(=O)c1ccc(F)cc1. The summed E-state index contributed by atoms with van der Waals surface area (Å²) in [5, 5.41) is 6.63. The van der Waals surface area contributed by atoms with Crippen LogP contribution in [0.1, 0.15) is 17.7 Å². The van der Waals surface area contributed by atoms with Crippen LogP contribution in [0.4, 0.5) is 22.0 Å². The van der Waals surface area contributed by atoms with Crippen molar-refractivity contribution in [1.82, 2.24) is 24.4 Å². The second-order valence-electron chi connectivity index (χ2n) is 8.10. The number of hydrogen-bond donors (Lipinski definition) is 1. The van der Waals surface area contributed by atoms with Crippen molar-refractivity contribution in [3.63, 3.8) is 0 Å². The van der Waals surface area contributed by atoms with Crippen molar-refractivity contribution in [2.45, 2.75) is 36.3 Å². The molecule has 2 unspecified atom stereocenters. The molecule has 1 fully saturated rings. The molecular weight excluding hydrogens is 525 g/mol. The highest BCUT2D eigenvalue weighted by Crippen LogP contribution is 2.29. The molecule has 4 rings (SSSR count). The van der Waals surface area contributed by atoms with Crippen LogP contribution in [0, 0.1) is 5.82 Å². The minimum absolute atomic E-state index is 0.0470. The van der Waals surface area contributed by atoms with E-state index in [1.165, 1.54) is 18.0 Å². The maximum Gasteiger partial charge on any atom is 0.433 e. The van der Waals surface area contributed by atoms with Crippen LogP contribution in [0.15, 0.2) is 53.7 Å². The number of benzene rings is 1. The summed E-state index contributed by atoms with van der Waals surface area (Å²) < 4.78 is 98.8. The van der Waals surface area contributed by atoms with Crippen molar-refractivity contribution in [2.75, 3.05) is 13.7 Å². The maximum atomic E-state index is 14.2. The number of aromatic nitrogens is 3. The molecule has 0 aliphatic carbocycles. The van der Waals surface area contributed by atoms with Gasteiger partial charge in [0.1, 0.15) is 23.7 Å². The summed E-state index contributed by atoms with van der Waals surface area (Å²) in [5.74, 6) is -1.39. The minimum atomic E-state index is -4.60. The van der Waals surface area contributed by atoms with E-state index < -0.39 is 52.4 Å². The van der Waals surface area contributed by atoms with Crippen LogP contribution in [0.2, 0.25) is 0 Å². The minimum Gasteiger partial charge on any atom is -0.480 e. The van der Waals surface area contributed by atoms with Gasteiger partial charge < -0.3 is 10.1 Å². The Morgan fingerprint density at radius 1 is 1.19 bits per heavy atom. The molecule has 0 spiro atoms. The standard InChI is InChI=1S/C22H20F5N5O4S/c1-36-21-13(11-31(30-21)16-4-7-19(28-10-16)22(25,26)27)9-29-20(33)18-8-15(24)12-32(18)37(34,35)17-5-2-14(23)3-6-17/h2-7,10-11,15,18H,8-9,12H2,1H3,(H,29,33). The maximum absolute atomic E-state index is 14.2. The number of carbonyl (C=O) groups excluding carboxylic acids is 1. The van der Waals surface area contributed by atoms with Gasteiger partial charge >= 0.3 is 6.18 Å².